The van der Waals surface area contributed by atoms with Crippen molar-refractivity contribution in [2.75, 3.05) is 5.32 Å². The fourth-order valence-corrected chi connectivity index (χ4v) is 3.19. The highest BCUT2D eigenvalue weighted by Gasteiger charge is 2.27. The Labute approximate surface area is 125 Å². The number of hydrogen-bond acceptors (Lipinski definition) is 4. The van der Waals surface area contributed by atoms with Gasteiger partial charge in [0.05, 0.1) is 10.9 Å². The molecule has 0 saturated heterocycles. The number of carbonyl (C=O) groups excluding carboxylic acids is 1. The summed E-state index contributed by atoms with van der Waals surface area (Å²) in [5.41, 5.74) is 6.26. The third kappa shape index (κ3) is 4.52. The van der Waals surface area contributed by atoms with Crippen LogP contribution in [0.5, 0.6) is 0 Å². The summed E-state index contributed by atoms with van der Waals surface area (Å²) in [6, 6.07) is 5.62. The van der Waals surface area contributed by atoms with E-state index in [4.69, 9.17) is 5.73 Å². The van der Waals surface area contributed by atoms with Crippen LogP contribution < -0.4 is 15.8 Å². The van der Waals surface area contributed by atoms with Crippen LogP contribution in [-0.4, -0.2) is 26.4 Å². The first-order chi connectivity index (χ1) is 9.92. The molecular weight excluding hydrogens is 290 g/mol. The number of benzene rings is 1. The van der Waals surface area contributed by atoms with Crippen molar-refractivity contribution in [1.82, 2.24) is 4.72 Å². The minimum Gasteiger partial charge on any atom is -0.325 e. The van der Waals surface area contributed by atoms with E-state index in [1.807, 2.05) is 6.92 Å². The molecule has 1 aliphatic rings. The topological polar surface area (TPSA) is 101 Å². The van der Waals surface area contributed by atoms with E-state index in [1.54, 1.807) is 12.1 Å². The lowest BCUT2D eigenvalue weighted by Gasteiger charge is -2.11. The number of amides is 1. The molecule has 2 rings (SSSR count). The summed E-state index contributed by atoms with van der Waals surface area (Å²) < 4.78 is 26.6. The number of hydrogen-bond donors (Lipinski definition) is 3. The standard InChI is InChI=1S/C14H21N3O3S/c1-2-3-13(15)14(18)16-10-6-8-12(9-7-10)21(19,20)17-11-4-5-11/h6-9,11,13,17H,2-5,15H2,1H3,(H,16,18). The molecule has 21 heavy (non-hydrogen) atoms. The van der Waals surface area contributed by atoms with Gasteiger partial charge in [0.15, 0.2) is 0 Å². The van der Waals surface area contributed by atoms with Crippen LogP contribution >= 0.6 is 0 Å². The van der Waals surface area contributed by atoms with Crippen molar-refractivity contribution in [2.24, 2.45) is 5.73 Å². The minimum atomic E-state index is -3.45. The number of nitrogens with one attached hydrogen (secondary N) is 2. The molecule has 1 fully saturated rings. The summed E-state index contributed by atoms with van der Waals surface area (Å²) in [5, 5.41) is 2.68. The maximum atomic E-state index is 12.0. The van der Waals surface area contributed by atoms with Gasteiger partial charge in [0, 0.05) is 11.7 Å². The lowest BCUT2D eigenvalue weighted by molar-refractivity contribution is -0.117. The van der Waals surface area contributed by atoms with Gasteiger partial charge in [-0.05, 0) is 43.5 Å². The van der Waals surface area contributed by atoms with Crippen molar-refractivity contribution in [2.45, 2.75) is 49.6 Å². The number of nitrogens with two attached hydrogens (primary N) is 1. The molecule has 4 N–H and O–H groups in total. The molecule has 1 aliphatic carbocycles. The Balaban J connectivity index is 2.00. The highest BCUT2D eigenvalue weighted by Crippen LogP contribution is 2.22. The van der Waals surface area contributed by atoms with Crippen LogP contribution in [0.15, 0.2) is 29.2 Å². The van der Waals surface area contributed by atoms with Crippen LogP contribution in [0.3, 0.4) is 0 Å². The lowest BCUT2D eigenvalue weighted by atomic mass is 10.1. The summed E-state index contributed by atoms with van der Waals surface area (Å²) in [4.78, 5) is 12.0. The van der Waals surface area contributed by atoms with Gasteiger partial charge >= 0.3 is 0 Å². The SMILES string of the molecule is CCCC(N)C(=O)Nc1ccc(S(=O)(=O)NC2CC2)cc1. The molecule has 1 saturated carbocycles. The molecule has 0 spiro atoms. The van der Waals surface area contributed by atoms with E-state index in [9.17, 15) is 13.2 Å². The van der Waals surface area contributed by atoms with Crippen molar-refractivity contribution >= 4 is 21.6 Å². The number of anilines is 1. The van der Waals surface area contributed by atoms with Gasteiger partial charge in [0.2, 0.25) is 15.9 Å². The molecule has 0 aromatic heterocycles. The van der Waals surface area contributed by atoms with Crippen LogP contribution in [0.1, 0.15) is 32.6 Å². The summed E-state index contributed by atoms with van der Waals surface area (Å²) in [6.07, 6.45) is 3.23. The van der Waals surface area contributed by atoms with Crippen molar-refractivity contribution in [3.8, 4) is 0 Å². The first-order valence-corrected chi connectivity index (χ1v) is 8.59. The van der Waals surface area contributed by atoms with E-state index in [0.29, 0.717) is 12.1 Å². The second-order valence-electron chi connectivity index (χ2n) is 5.30. The Morgan fingerprint density at radius 1 is 1.33 bits per heavy atom. The molecule has 1 unspecified atom stereocenters. The predicted octanol–water partition coefficient (Wildman–Crippen LogP) is 1.19. The zero-order valence-electron chi connectivity index (χ0n) is 12.0. The summed E-state index contributed by atoms with van der Waals surface area (Å²) in [7, 11) is -3.45. The van der Waals surface area contributed by atoms with E-state index < -0.39 is 16.1 Å². The molecule has 1 atom stereocenters. The average Bonchev–Trinajstić information content (AvgIpc) is 3.23. The highest BCUT2D eigenvalue weighted by atomic mass is 32.2. The van der Waals surface area contributed by atoms with Crippen molar-refractivity contribution in [1.29, 1.82) is 0 Å². The maximum Gasteiger partial charge on any atom is 0.241 e. The smallest absolute Gasteiger partial charge is 0.241 e. The van der Waals surface area contributed by atoms with E-state index in [1.165, 1.54) is 12.1 Å². The van der Waals surface area contributed by atoms with E-state index in [-0.39, 0.29) is 16.8 Å². The van der Waals surface area contributed by atoms with Crippen LogP contribution in [0.25, 0.3) is 0 Å². The fraction of sp³-hybridized carbons (Fsp3) is 0.500. The Hall–Kier alpha value is -1.44. The Morgan fingerprint density at radius 3 is 2.48 bits per heavy atom. The molecule has 0 radical (unpaired) electrons. The van der Waals surface area contributed by atoms with Crippen LogP contribution in [0.2, 0.25) is 0 Å². The fourth-order valence-electron chi connectivity index (χ4n) is 1.88. The largest absolute Gasteiger partial charge is 0.325 e. The van der Waals surface area contributed by atoms with E-state index in [0.717, 1.165) is 19.3 Å². The van der Waals surface area contributed by atoms with E-state index >= 15 is 0 Å². The molecule has 116 valence electrons. The molecular formula is C14H21N3O3S. The quantitative estimate of drug-likeness (QED) is 0.704. The third-order valence-corrected chi connectivity index (χ3v) is 4.80. The van der Waals surface area contributed by atoms with E-state index in [2.05, 4.69) is 10.0 Å². The molecule has 0 aliphatic heterocycles. The summed E-state index contributed by atoms with van der Waals surface area (Å²) in [6.45, 7) is 1.96. The van der Waals surface area contributed by atoms with Gasteiger partial charge < -0.3 is 11.1 Å². The van der Waals surface area contributed by atoms with Gasteiger partial charge in [0.25, 0.3) is 0 Å². The zero-order chi connectivity index (χ0) is 15.5. The van der Waals surface area contributed by atoms with Crippen LogP contribution in [-0.2, 0) is 14.8 Å². The second-order valence-corrected chi connectivity index (χ2v) is 7.02. The Bertz CT molecular complexity index is 594. The van der Waals surface area contributed by atoms with Gasteiger partial charge in [-0.1, -0.05) is 13.3 Å². The number of carbonyl (C=O) groups is 1. The first-order valence-electron chi connectivity index (χ1n) is 7.11. The summed E-state index contributed by atoms with van der Waals surface area (Å²) in [5.74, 6) is -0.261. The predicted molar refractivity (Wildman–Crippen MR) is 81.3 cm³/mol. The molecule has 6 nitrogen and oxygen atoms in total. The number of sulfonamides is 1. The molecule has 0 bridgehead atoms. The summed E-state index contributed by atoms with van der Waals surface area (Å²) >= 11 is 0. The molecule has 0 heterocycles. The normalized spacial score (nSPS) is 16.5. The maximum absolute atomic E-state index is 12.0. The average molecular weight is 311 g/mol. The molecule has 1 amide bonds. The monoisotopic (exact) mass is 311 g/mol. The number of rotatable bonds is 7. The second kappa shape index (κ2) is 6.55. The van der Waals surface area contributed by atoms with Gasteiger partial charge in [-0.15, -0.1) is 0 Å². The Kier molecular flexibility index (Phi) is 4.97. The van der Waals surface area contributed by atoms with Crippen LogP contribution in [0, 0.1) is 0 Å². The van der Waals surface area contributed by atoms with Crippen molar-refractivity contribution in [3.05, 3.63) is 24.3 Å². The first kappa shape index (κ1) is 15.9. The molecule has 1 aromatic carbocycles. The van der Waals surface area contributed by atoms with Gasteiger partial charge in [-0.3, -0.25) is 4.79 Å². The molecule has 7 heteroatoms. The highest BCUT2D eigenvalue weighted by molar-refractivity contribution is 7.89. The van der Waals surface area contributed by atoms with Crippen molar-refractivity contribution < 1.29 is 13.2 Å². The zero-order valence-corrected chi connectivity index (χ0v) is 12.8. The minimum absolute atomic E-state index is 0.0708. The van der Waals surface area contributed by atoms with Crippen LogP contribution in [0.4, 0.5) is 5.69 Å². The van der Waals surface area contributed by atoms with Gasteiger partial charge in [0.1, 0.15) is 0 Å². The lowest BCUT2D eigenvalue weighted by Crippen LogP contribution is -2.35. The van der Waals surface area contributed by atoms with Gasteiger partial charge in [-0.2, -0.15) is 0 Å². The molecule has 1 aromatic rings. The Morgan fingerprint density at radius 2 is 1.95 bits per heavy atom. The van der Waals surface area contributed by atoms with Crippen molar-refractivity contribution in [3.63, 3.8) is 0 Å². The third-order valence-electron chi connectivity index (χ3n) is 3.27. The van der Waals surface area contributed by atoms with Gasteiger partial charge in [-0.25, -0.2) is 13.1 Å².